The molecule has 6 nitrogen and oxygen atoms in total. The summed E-state index contributed by atoms with van der Waals surface area (Å²) in [4.78, 5) is 19.7. The molecule has 4 aromatic rings. The summed E-state index contributed by atoms with van der Waals surface area (Å²) in [5.74, 6) is 1.21. The molecule has 0 unspecified atom stereocenters. The maximum absolute atomic E-state index is 6.02. The van der Waals surface area contributed by atoms with Gasteiger partial charge >= 0.3 is 0 Å². The first-order chi connectivity index (χ1) is 12.3. The number of imidazole rings is 1. The van der Waals surface area contributed by atoms with Crippen LogP contribution in [0.2, 0.25) is 0 Å². The van der Waals surface area contributed by atoms with Crippen LogP contribution in [0.1, 0.15) is 29.5 Å². The second-order valence-corrected chi connectivity index (χ2v) is 8.08. The molecule has 1 aliphatic rings. The molecular weight excluding hydrogens is 352 g/mol. The van der Waals surface area contributed by atoms with E-state index in [1.165, 1.54) is 4.88 Å². The number of nitrogens with two attached hydrogens (primary N) is 1. The Morgan fingerprint density at radius 1 is 1.12 bits per heavy atom. The number of hydrogen-bond donors (Lipinski definition) is 1. The van der Waals surface area contributed by atoms with Crippen LogP contribution in [0.3, 0.4) is 0 Å². The molecule has 0 spiro atoms. The van der Waals surface area contributed by atoms with E-state index in [0.29, 0.717) is 12.0 Å². The third-order valence-corrected chi connectivity index (χ3v) is 6.06. The highest BCUT2D eigenvalue weighted by Crippen LogP contribution is 2.41. The maximum atomic E-state index is 6.02. The van der Waals surface area contributed by atoms with Gasteiger partial charge in [-0.05, 0) is 37.1 Å². The summed E-state index contributed by atoms with van der Waals surface area (Å²) in [5, 5.41) is 5.00. The third-order valence-electron chi connectivity index (χ3n) is 4.35. The SMILES string of the molecule is Nc1nc(CCc2cccs2)c2nc(-c3nccs3)n(C3CC3)c2n1. The van der Waals surface area contributed by atoms with Crippen LogP contribution in [-0.2, 0) is 12.8 Å². The molecular formula is C17H16N6S2. The highest BCUT2D eigenvalue weighted by molar-refractivity contribution is 7.13. The highest BCUT2D eigenvalue weighted by atomic mass is 32.1. The molecule has 8 heteroatoms. The van der Waals surface area contributed by atoms with Gasteiger partial charge in [0.2, 0.25) is 5.95 Å². The number of thiazole rings is 1. The quantitative estimate of drug-likeness (QED) is 0.580. The molecule has 1 fully saturated rings. The lowest BCUT2D eigenvalue weighted by molar-refractivity contribution is 0.765. The van der Waals surface area contributed by atoms with Gasteiger partial charge in [0.15, 0.2) is 16.5 Å². The number of aryl methyl sites for hydroxylation is 2. The zero-order valence-corrected chi connectivity index (χ0v) is 15.1. The minimum atomic E-state index is 0.321. The van der Waals surface area contributed by atoms with Crippen LogP contribution in [0.4, 0.5) is 5.95 Å². The first-order valence-electron chi connectivity index (χ1n) is 8.26. The van der Waals surface area contributed by atoms with Crippen molar-refractivity contribution in [2.75, 3.05) is 5.73 Å². The number of aromatic nitrogens is 5. The van der Waals surface area contributed by atoms with E-state index < -0.39 is 0 Å². The first kappa shape index (κ1) is 15.0. The van der Waals surface area contributed by atoms with Gasteiger partial charge in [-0.3, -0.25) is 0 Å². The van der Waals surface area contributed by atoms with Crippen molar-refractivity contribution in [1.29, 1.82) is 0 Å². The summed E-state index contributed by atoms with van der Waals surface area (Å²) in [6.07, 6.45) is 5.86. The number of nitrogens with zero attached hydrogens (tertiary/aromatic N) is 5. The Balaban J connectivity index is 1.64. The molecule has 25 heavy (non-hydrogen) atoms. The van der Waals surface area contributed by atoms with Crippen LogP contribution in [-0.4, -0.2) is 24.5 Å². The standard InChI is InChI=1S/C17H16N6S2/c18-17-20-12(6-5-11-2-1-8-24-11)13-14(22-17)23(10-3-4-10)15(21-13)16-19-7-9-25-16/h1-2,7-10H,3-6H2,(H2,18,20,22). The molecule has 1 saturated carbocycles. The lowest BCUT2D eigenvalue weighted by Crippen LogP contribution is -2.04. The lowest BCUT2D eigenvalue weighted by atomic mass is 10.2. The topological polar surface area (TPSA) is 82.5 Å². The van der Waals surface area contributed by atoms with E-state index >= 15 is 0 Å². The van der Waals surface area contributed by atoms with Gasteiger partial charge in [-0.15, -0.1) is 22.7 Å². The van der Waals surface area contributed by atoms with Crippen molar-refractivity contribution < 1.29 is 0 Å². The van der Waals surface area contributed by atoms with E-state index in [1.807, 2.05) is 11.6 Å². The van der Waals surface area contributed by atoms with Crippen molar-refractivity contribution in [3.05, 3.63) is 39.7 Å². The molecule has 1 aliphatic carbocycles. The van der Waals surface area contributed by atoms with Gasteiger partial charge in [-0.1, -0.05) is 6.07 Å². The normalized spacial score (nSPS) is 14.4. The van der Waals surface area contributed by atoms with E-state index in [0.717, 1.165) is 53.4 Å². The summed E-state index contributed by atoms with van der Waals surface area (Å²) < 4.78 is 2.21. The second-order valence-electron chi connectivity index (χ2n) is 6.15. The summed E-state index contributed by atoms with van der Waals surface area (Å²) in [5.41, 5.74) is 8.65. The van der Waals surface area contributed by atoms with Gasteiger partial charge in [0.05, 0.1) is 5.69 Å². The number of rotatable bonds is 5. The predicted molar refractivity (Wildman–Crippen MR) is 101 cm³/mol. The van der Waals surface area contributed by atoms with Crippen LogP contribution in [0.25, 0.3) is 22.0 Å². The van der Waals surface area contributed by atoms with E-state index in [2.05, 4.69) is 37.0 Å². The molecule has 5 rings (SSSR count). The van der Waals surface area contributed by atoms with Crippen LogP contribution in [0.5, 0.6) is 0 Å². The summed E-state index contributed by atoms with van der Waals surface area (Å²) in [7, 11) is 0. The van der Waals surface area contributed by atoms with E-state index in [1.54, 1.807) is 22.7 Å². The van der Waals surface area contributed by atoms with Crippen molar-refractivity contribution in [2.24, 2.45) is 0 Å². The minimum Gasteiger partial charge on any atom is -0.368 e. The Morgan fingerprint density at radius 2 is 2.04 bits per heavy atom. The first-order valence-corrected chi connectivity index (χ1v) is 10.0. The van der Waals surface area contributed by atoms with E-state index in [4.69, 9.17) is 10.7 Å². The van der Waals surface area contributed by atoms with Crippen molar-refractivity contribution in [2.45, 2.75) is 31.7 Å². The molecule has 0 aliphatic heterocycles. The average molecular weight is 368 g/mol. The molecule has 0 amide bonds. The fourth-order valence-corrected chi connectivity index (χ4v) is 4.41. The number of fused-ring (bicyclic) bond motifs is 1. The Hall–Kier alpha value is -2.32. The van der Waals surface area contributed by atoms with Gasteiger partial charge in [0.1, 0.15) is 5.52 Å². The molecule has 2 N–H and O–H groups in total. The van der Waals surface area contributed by atoms with E-state index in [-0.39, 0.29) is 0 Å². The Bertz CT molecular complexity index is 1020. The van der Waals surface area contributed by atoms with Gasteiger partial charge in [0.25, 0.3) is 0 Å². The summed E-state index contributed by atoms with van der Waals surface area (Å²) in [6.45, 7) is 0. The largest absolute Gasteiger partial charge is 0.368 e. The Kier molecular flexibility index (Phi) is 3.53. The zero-order chi connectivity index (χ0) is 16.8. The predicted octanol–water partition coefficient (Wildman–Crippen LogP) is 3.71. The number of hydrogen-bond acceptors (Lipinski definition) is 7. The highest BCUT2D eigenvalue weighted by Gasteiger charge is 2.31. The van der Waals surface area contributed by atoms with Gasteiger partial charge in [0, 0.05) is 22.5 Å². The van der Waals surface area contributed by atoms with Gasteiger partial charge in [-0.25, -0.2) is 15.0 Å². The van der Waals surface area contributed by atoms with Crippen molar-refractivity contribution in [3.63, 3.8) is 0 Å². The van der Waals surface area contributed by atoms with Crippen LogP contribution < -0.4 is 5.73 Å². The summed E-state index contributed by atoms with van der Waals surface area (Å²) >= 11 is 3.36. The number of anilines is 1. The number of nitrogen functional groups attached to an aromatic ring is 1. The van der Waals surface area contributed by atoms with Crippen LogP contribution >= 0.6 is 22.7 Å². The molecule has 4 heterocycles. The van der Waals surface area contributed by atoms with Crippen molar-refractivity contribution in [1.82, 2.24) is 24.5 Å². The molecule has 0 atom stereocenters. The van der Waals surface area contributed by atoms with Gasteiger partial charge < -0.3 is 10.3 Å². The molecule has 4 aromatic heterocycles. The number of thiophene rings is 1. The molecule has 126 valence electrons. The summed E-state index contributed by atoms with van der Waals surface area (Å²) in [6, 6.07) is 4.67. The fraction of sp³-hybridized carbons (Fsp3) is 0.294. The zero-order valence-electron chi connectivity index (χ0n) is 13.4. The Morgan fingerprint density at radius 3 is 2.76 bits per heavy atom. The smallest absolute Gasteiger partial charge is 0.222 e. The molecule has 0 radical (unpaired) electrons. The second kappa shape index (κ2) is 5.89. The van der Waals surface area contributed by atoms with Crippen LogP contribution in [0.15, 0.2) is 29.1 Å². The minimum absolute atomic E-state index is 0.321. The van der Waals surface area contributed by atoms with Crippen molar-refractivity contribution in [3.8, 4) is 10.8 Å². The molecule has 0 saturated heterocycles. The monoisotopic (exact) mass is 368 g/mol. The average Bonchev–Trinajstić information content (AvgIpc) is 3.06. The van der Waals surface area contributed by atoms with Gasteiger partial charge in [-0.2, -0.15) is 4.98 Å². The fourth-order valence-electron chi connectivity index (χ4n) is 3.08. The van der Waals surface area contributed by atoms with Crippen LogP contribution in [0, 0.1) is 0 Å². The van der Waals surface area contributed by atoms with Crippen molar-refractivity contribution >= 4 is 39.8 Å². The molecule has 0 aromatic carbocycles. The maximum Gasteiger partial charge on any atom is 0.222 e. The molecule has 0 bridgehead atoms. The van der Waals surface area contributed by atoms with E-state index in [9.17, 15) is 0 Å². The third kappa shape index (κ3) is 2.71. The lowest BCUT2D eigenvalue weighted by Gasteiger charge is -2.06. The Labute approximate surface area is 152 Å².